The molecule has 0 aromatic heterocycles. The van der Waals surface area contributed by atoms with Crippen molar-refractivity contribution >= 4 is 5.97 Å². The van der Waals surface area contributed by atoms with Crippen LogP contribution in [0.2, 0.25) is 0 Å². The number of ether oxygens (including phenoxy) is 2. The highest BCUT2D eigenvalue weighted by Gasteiger charge is 2.21. The highest BCUT2D eigenvalue weighted by molar-refractivity contribution is 5.87. The van der Waals surface area contributed by atoms with E-state index >= 15 is 0 Å². The molecule has 0 bridgehead atoms. The maximum absolute atomic E-state index is 10.8. The van der Waals surface area contributed by atoms with Crippen LogP contribution in [0.15, 0.2) is 12.2 Å². The van der Waals surface area contributed by atoms with Crippen molar-refractivity contribution in [1.82, 2.24) is 0 Å². The van der Waals surface area contributed by atoms with Crippen molar-refractivity contribution in [2.24, 2.45) is 5.92 Å². The summed E-state index contributed by atoms with van der Waals surface area (Å²) in [7, 11) is 1.37. The van der Waals surface area contributed by atoms with Crippen LogP contribution in [-0.2, 0) is 14.3 Å². The van der Waals surface area contributed by atoms with Gasteiger partial charge in [-0.25, -0.2) is 4.79 Å². The third kappa shape index (κ3) is 2.05. The summed E-state index contributed by atoms with van der Waals surface area (Å²) >= 11 is 0. The minimum absolute atomic E-state index is 0.308. The van der Waals surface area contributed by atoms with Gasteiger partial charge >= 0.3 is 5.97 Å². The zero-order valence-corrected chi connectivity index (χ0v) is 6.63. The average Bonchev–Trinajstić information content (AvgIpc) is 1.94. The number of methoxy groups -OCH3 is 1. The molecule has 0 radical (unpaired) electrons. The van der Waals surface area contributed by atoms with Gasteiger partial charge in [0.2, 0.25) is 0 Å². The van der Waals surface area contributed by atoms with Crippen LogP contribution >= 0.6 is 0 Å². The second-order valence-corrected chi connectivity index (χ2v) is 2.70. The fourth-order valence-electron chi connectivity index (χ4n) is 0.979. The van der Waals surface area contributed by atoms with E-state index in [0.717, 1.165) is 13.2 Å². The molecule has 3 heteroatoms. The normalized spacial score (nSPS) is 17.2. The monoisotopic (exact) mass is 156 g/mol. The molecule has 1 fully saturated rings. The van der Waals surface area contributed by atoms with Crippen LogP contribution < -0.4 is 0 Å². The van der Waals surface area contributed by atoms with Crippen LogP contribution in [0.5, 0.6) is 0 Å². The fourth-order valence-corrected chi connectivity index (χ4v) is 0.979. The van der Waals surface area contributed by atoms with Crippen LogP contribution in [0.4, 0.5) is 0 Å². The maximum atomic E-state index is 10.8. The molecule has 3 nitrogen and oxygen atoms in total. The van der Waals surface area contributed by atoms with E-state index < -0.39 is 0 Å². The van der Waals surface area contributed by atoms with Crippen molar-refractivity contribution in [3.8, 4) is 0 Å². The Labute approximate surface area is 66.0 Å². The Bertz CT molecular complexity index is 170. The summed E-state index contributed by atoms with van der Waals surface area (Å²) < 4.78 is 9.46. The molecule has 62 valence electrons. The summed E-state index contributed by atoms with van der Waals surface area (Å²) in [6.07, 6.45) is 0.701. The van der Waals surface area contributed by atoms with Crippen LogP contribution in [0, 0.1) is 5.92 Å². The minimum atomic E-state index is -0.308. The van der Waals surface area contributed by atoms with E-state index in [4.69, 9.17) is 4.74 Å². The molecule has 0 aromatic rings. The van der Waals surface area contributed by atoms with Crippen molar-refractivity contribution in [3.05, 3.63) is 12.2 Å². The molecule has 0 amide bonds. The summed E-state index contributed by atoms with van der Waals surface area (Å²) in [5, 5.41) is 0. The average molecular weight is 156 g/mol. The van der Waals surface area contributed by atoms with Crippen molar-refractivity contribution in [2.75, 3.05) is 20.3 Å². The molecular formula is C8H12O3. The van der Waals surface area contributed by atoms with E-state index in [2.05, 4.69) is 11.3 Å². The van der Waals surface area contributed by atoms with E-state index in [0.29, 0.717) is 17.9 Å². The summed E-state index contributed by atoms with van der Waals surface area (Å²) in [4.78, 5) is 10.8. The predicted octanol–water partition coefficient (Wildman–Crippen LogP) is 0.752. The second kappa shape index (κ2) is 3.53. The SMILES string of the molecule is C=C(CC1COC1)C(=O)OC. The van der Waals surface area contributed by atoms with E-state index in [1.165, 1.54) is 7.11 Å². The molecule has 11 heavy (non-hydrogen) atoms. The molecule has 0 aromatic carbocycles. The molecule has 1 aliphatic heterocycles. The van der Waals surface area contributed by atoms with E-state index in [1.807, 2.05) is 0 Å². The van der Waals surface area contributed by atoms with Crippen LogP contribution in [0.3, 0.4) is 0 Å². The molecule has 0 aliphatic carbocycles. The largest absolute Gasteiger partial charge is 0.466 e. The first-order valence-corrected chi connectivity index (χ1v) is 3.58. The number of hydrogen-bond acceptors (Lipinski definition) is 3. The second-order valence-electron chi connectivity index (χ2n) is 2.70. The lowest BCUT2D eigenvalue weighted by Crippen LogP contribution is -2.28. The molecule has 0 atom stereocenters. The minimum Gasteiger partial charge on any atom is -0.466 e. The Kier molecular flexibility index (Phi) is 2.65. The number of carbonyl (C=O) groups is 1. The van der Waals surface area contributed by atoms with Crippen molar-refractivity contribution in [1.29, 1.82) is 0 Å². The molecule has 0 saturated carbocycles. The summed E-state index contributed by atoms with van der Waals surface area (Å²) in [6.45, 7) is 5.11. The number of hydrogen-bond donors (Lipinski definition) is 0. The van der Waals surface area contributed by atoms with Gasteiger partial charge < -0.3 is 9.47 Å². The first-order chi connectivity index (χ1) is 5.24. The van der Waals surface area contributed by atoms with E-state index in [-0.39, 0.29) is 5.97 Å². The van der Waals surface area contributed by atoms with Crippen LogP contribution in [-0.4, -0.2) is 26.3 Å². The Balaban J connectivity index is 2.24. The van der Waals surface area contributed by atoms with Crippen molar-refractivity contribution in [3.63, 3.8) is 0 Å². The standard InChI is InChI=1S/C8H12O3/c1-6(8(9)10-2)3-7-4-11-5-7/h7H,1,3-5H2,2H3. The quantitative estimate of drug-likeness (QED) is 0.447. The van der Waals surface area contributed by atoms with Gasteiger partial charge in [-0.15, -0.1) is 0 Å². The van der Waals surface area contributed by atoms with Crippen molar-refractivity contribution < 1.29 is 14.3 Å². The lowest BCUT2D eigenvalue weighted by molar-refractivity contribution is -0.136. The third-order valence-corrected chi connectivity index (χ3v) is 1.72. The van der Waals surface area contributed by atoms with Gasteiger partial charge in [-0.05, 0) is 6.42 Å². The van der Waals surface area contributed by atoms with Crippen LogP contribution in [0.25, 0.3) is 0 Å². The van der Waals surface area contributed by atoms with Gasteiger partial charge in [0.25, 0.3) is 0 Å². The Morgan fingerprint density at radius 3 is 2.73 bits per heavy atom. The Hall–Kier alpha value is -0.830. The van der Waals surface area contributed by atoms with Gasteiger partial charge in [0.05, 0.1) is 20.3 Å². The first kappa shape index (κ1) is 8.27. The van der Waals surface area contributed by atoms with Gasteiger partial charge in [-0.2, -0.15) is 0 Å². The van der Waals surface area contributed by atoms with Crippen LogP contribution in [0.1, 0.15) is 6.42 Å². The Morgan fingerprint density at radius 2 is 2.36 bits per heavy atom. The zero-order chi connectivity index (χ0) is 8.27. The number of carbonyl (C=O) groups excluding carboxylic acids is 1. The molecule has 1 aliphatic rings. The first-order valence-electron chi connectivity index (χ1n) is 3.58. The lowest BCUT2D eigenvalue weighted by atomic mass is 9.99. The molecule has 0 N–H and O–H groups in total. The predicted molar refractivity (Wildman–Crippen MR) is 40.1 cm³/mol. The summed E-state index contributed by atoms with van der Waals surface area (Å²) in [5.74, 6) is 0.165. The zero-order valence-electron chi connectivity index (χ0n) is 6.63. The highest BCUT2D eigenvalue weighted by atomic mass is 16.5. The fraction of sp³-hybridized carbons (Fsp3) is 0.625. The topological polar surface area (TPSA) is 35.5 Å². The summed E-state index contributed by atoms with van der Waals surface area (Å²) in [5.41, 5.74) is 0.542. The third-order valence-electron chi connectivity index (χ3n) is 1.72. The van der Waals surface area contributed by atoms with Gasteiger partial charge in [-0.1, -0.05) is 6.58 Å². The van der Waals surface area contributed by atoms with Gasteiger partial charge in [0, 0.05) is 11.5 Å². The molecule has 1 heterocycles. The molecule has 1 saturated heterocycles. The van der Waals surface area contributed by atoms with Gasteiger partial charge in [0.1, 0.15) is 0 Å². The van der Waals surface area contributed by atoms with Gasteiger partial charge in [0.15, 0.2) is 0 Å². The van der Waals surface area contributed by atoms with E-state index in [1.54, 1.807) is 0 Å². The van der Waals surface area contributed by atoms with Crippen molar-refractivity contribution in [2.45, 2.75) is 6.42 Å². The Morgan fingerprint density at radius 1 is 1.73 bits per heavy atom. The molecule has 0 unspecified atom stereocenters. The smallest absolute Gasteiger partial charge is 0.333 e. The molecule has 1 rings (SSSR count). The number of rotatable bonds is 3. The molecular weight excluding hydrogens is 144 g/mol. The molecule has 0 spiro atoms. The lowest BCUT2D eigenvalue weighted by Gasteiger charge is -2.25. The summed E-state index contributed by atoms with van der Waals surface area (Å²) in [6, 6.07) is 0. The highest BCUT2D eigenvalue weighted by Crippen LogP contribution is 2.18. The number of esters is 1. The van der Waals surface area contributed by atoms with Gasteiger partial charge in [-0.3, -0.25) is 0 Å². The maximum Gasteiger partial charge on any atom is 0.333 e. The van der Waals surface area contributed by atoms with E-state index in [9.17, 15) is 4.79 Å².